The molecule has 90 valence electrons. The monoisotopic (exact) mass is 217 g/mol. The Bertz CT molecular complexity index is 187. The first-order valence-corrected chi connectivity index (χ1v) is 5.44. The predicted octanol–water partition coefficient (Wildman–Crippen LogP) is 1.08. The van der Waals surface area contributed by atoms with E-state index in [1.54, 1.807) is 13.8 Å². The molecule has 0 aromatic heterocycles. The maximum absolute atomic E-state index is 11.4. The molecule has 0 radical (unpaired) electrons. The van der Waals surface area contributed by atoms with E-state index in [1.807, 2.05) is 0 Å². The summed E-state index contributed by atoms with van der Waals surface area (Å²) in [5, 5.41) is 12.6. The van der Waals surface area contributed by atoms with Crippen molar-refractivity contribution in [1.82, 2.24) is 5.32 Å². The molecule has 0 saturated heterocycles. The van der Waals surface area contributed by atoms with Crippen LogP contribution in [0.1, 0.15) is 40.0 Å². The maximum atomic E-state index is 11.4. The Balaban J connectivity index is 4.07. The number of carbonyl (C=O) groups is 1. The highest BCUT2D eigenvalue weighted by Gasteiger charge is 2.21. The second-order valence-electron chi connectivity index (χ2n) is 4.41. The van der Waals surface area contributed by atoms with Crippen LogP contribution in [0.2, 0.25) is 0 Å². The second-order valence-corrected chi connectivity index (χ2v) is 4.41. The van der Waals surface area contributed by atoms with Crippen LogP contribution in [0, 0.1) is 0 Å². The summed E-state index contributed by atoms with van der Waals surface area (Å²) in [6.07, 6.45) is 2.76. The predicted molar refractivity (Wildman–Crippen MR) is 59.6 cm³/mol. The number of ether oxygens (including phenoxy) is 1. The third-order valence-electron chi connectivity index (χ3n) is 2.11. The molecule has 0 rings (SSSR count). The Labute approximate surface area is 92.0 Å². The van der Waals surface area contributed by atoms with Crippen molar-refractivity contribution in [3.05, 3.63) is 0 Å². The van der Waals surface area contributed by atoms with Gasteiger partial charge in [-0.1, -0.05) is 19.8 Å². The first kappa shape index (κ1) is 14.4. The molecule has 0 bridgehead atoms. The van der Waals surface area contributed by atoms with Crippen LogP contribution in [0.3, 0.4) is 0 Å². The van der Waals surface area contributed by atoms with Gasteiger partial charge in [0.1, 0.15) is 6.04 Å². The van der Waals surface area contributed by atoms with Crippen LogP contribution in [-0.2, 0) is 9.53 Å². The summed E-state index contributed by atoms with van der Waals surface area (Å²) in [6, 6.07) is -0.304. The molecule has 0 amide bonds. The number of rotatable bonds is 7. The molecule has 1 unspecified atom stereocenters. The van der Waals surface area contributed by atoms with E-state index in [0.29, 0.717) is 6.54 Å². The molecule has 15 heavy (non-hydrogen) atoms. The number of unbranched alkanes of at least 4 members (excludes halogenated alkanes) is 1. The van der Waals surface area contributed by atoms with Crippen molar-refractivity contribution in [2.24, 2.45) is 0 Å². The summed E-state index contributed by atoms with van der Waals surface area (Å²) in [6.45, 7) is 5.86. The number of carbonyl (C=O) groups excluding carboxylic acids is 1. The highest BCUT2D eigenvalue weighted by molar-refractivity contribution is 5.75. The standard InChI is InChI=1S/C11H23NO3/c1-5-6-7-9(10(13)15-4)12-8-11(2,3)14/h9,12,14H,5-8H2,1-4H3. The number of nitrogens with one attached hydrogen (secondary N) is 1. The van der Waals surface area contributed by atoms with Gasteiger partial charge < -0.3 is 15.2 Å². The number of esters is 1. The van der Waals surface area contributed by atoms with E-state index < -0.39 is 5.60 Å². The topological polar surface area (TPSA) is 58.6 Å². The van der Waals surface area contributed by atoms with Crippen LogP contribution >= 0.6 is 0 Å². The fraction of sp³-hybridized carbons (Fsp3) is 0.909. The minimum atomic E-state index is -0.807. The fourth-order valence-corrected chi connectivity index (χ4v) is 1.23. The number of methoxy groups -OCH3 is 1. The van der Waals surface area contributed by atoms with Crippen LogP contribution in [0.5, 0.6) is 0 Å². The molecule has 1 atom stereocenters. The maximum Gasteiger partial charge on any atom is 0.322 e. The van der Waals surface area contributed by atoms with Crippen LogP contribution < -0.4 is 5.32 Å². The average Bonchev–Trinajstić information content (AvgIpc) is 2.15. The van der Waals surface area contributed by atoms with E-state index in [-0.39, 0.29) is 12.0 Å². The third-order valence-corrected chi connectivity index (χ3v) is 2.11. The van der Waals surface area contributed by atoms with E-state index >= 15 is 0 Å². The minimum absolute atomic E-state index is 0.257. The van der Waals surface area contributed by atoms with Gasteiger partial charge in [-0.25, -0.2) is 0 Å². The molecule has 0 saturated carbocycles. The van der Waals surface area contributed by atoms with Gasteiger partial charge in [-0.3, -0.25) is 4.79 Å². The number of hydrogen-bond acceptors (Lipinski definition) is 4. The largest absolute Gasteiger partial charge is 0.468 e. The lowest BCUT2D eigenvalue weighted by atomic mass is 10.1. The Morgan fingerprint density at radius 2 is 2.13 bits per heavy atom. The Hall–Kier alpha value is -0.610. The van der Waals surface area contributed by atoms with Gasteiger partial charge in [0.15, 0.2) is 0 Å². The number of hydrogen-bond donors (Lipinski definition) is 2. The molecule has 0 aromatic rings. The Kier molecular flexibility index (Phi) is 6.52. The van der Waals surface area contributed by atoms with Gasteiger partial charge in [0.2, 0.25) is 0 Å². The summed E-state index contributed by atoms with van der Waals surface area (Å²) in [5.41, 5.74) is -0.807. The normalized spacial score (nSPS) is 13.7. The van der Waals surface area contributed by atoms with Crippen molar-refractivity contribution in [2.45, 2.75) is 51.7 Å². The molecule has 0 heterocycles. The minimum Gasteiger partial charge on any atom is -0.468 e. The van der Waals surface area contributed by atoms with Crippen molar-refractivity contribution in [3.8, 4) is 0 Å². The van der Waals surface area contributed by atoms with Gasteiger partial charge in [-0.05, 0) is 20.3 Å². The lowest BCUT2D eigenvalue weighted by Crippen LogP contribution is -2.44. The van der Waals surface area contributed by atoms with E-state index in [1.165, 1.54) is 7.11 Å². The zero-order chi connectivity index (χ0) is 11.9. The van der Waals surface area contributed by atoms with E-state index in [9.17, 15) is 9.90 Å². The molecule has 0 aromatic carbocycles. The molecule has 4 heteroatoms. The lowest BCUT2D eigenvalue weighted by molar-refractivity contribution is -0.143. The molecule has 4 nitrogen and oxygen atoms in total. The van der Waals surface area contributed by atoms with Crippen LogP contribution in [0.25, 0.3) is 0 Å². The van der Waals surface area contributed by atoms with Gasteiger partial charge in [0, 0.05) is 6.54 Å². The summed E-state index contributed by atoms with van der Waals surface area (Å²) in [7, 11) is 1.38. The van der Waals surface area contributed by atoms with Crippen molar-refractivity contribution < 1.29 is 14.6 Å². The first-order valence-electron chi connectivity index (χ1n) is 5.44. The molecule has 2 N–H and O–H groups in total. The van der Waals surface area contributed by atoms with Crippen molar-refractivity contribution in [3.63, 3.8) is 0 Å². The third kappa shape index (κ3) is 7.33. The van der Waals surface area contributed by atoms with E-state index in [4.69, 9.17) is 4.74 Å². The summed E-state index contributed by atoms with van der Waals surface area (Å²) in [5.74, 6) is -0.257. The van der Waals surface area contributed by atoms with Crippen LogP contribution in [0.15, 0.2) is 0 Å². The molecule has 0 spiro atoms. The zero-order valence-corrected chi connectivity index (χ0v) is 10.2. The lowest BCUT2D eigenvalue weighted by Gasteiger charge is -2.22. The molecular formula is C11H23NO3. The Morgan fingerprint density at radius 3 is 2.53 bits per heavy atom. The summed E-state index contributed by atoms with van der Waals surface area (Å²) >= 11 is 0. The molecular weight excluding hydrogens is 194 g/mol. The van der Waals surface area contributed by atoms with Gasteiger partial charge in [-0.2, -0.15) is 0 Å². The smallest absolute Gasteiger partial charge is 0.322 e. The van der Waals surface area contributed by atoms with Gasteiger partial charge in [0.25, 0.3) is 0 Å². The SMILES string of the molecule is CCCCC(NCC(C)(C)O)C(=O)OC. The fourth-order valence-electron chi connectivity index (χ4n) is 1.23. The van der Waals surface area contributed by atoms with E-state index in [0.717, 1.165) is 19.3 Å². The van der Waals surface area contributed by atoms with Crippen LogP contribution in [0.4, 0.5) is 0 Å². The number of aliphatic hydroxyl groups is 1. The second kappa shape index (κ2) is 6.80. The first-order chi connectivity index (χ1) is 6.90. The van der Waals surface area contributed by atoms with Gasteiger partial charge >= 0.3 is 5.97 Å². The average molecular weight is 217 g/mol. The van der Waals surface area contributed by atoms with Crippen molar-refractivity contribution in [1.29, 1.82) is 0 Å². The zero-order valence-electron chi connectivity index (χ0n) is 10.2. The van der Waals surface area contributed by atoms with Crippen LogP contribution in [-0.4, -0.2) is 36.4 Å². The van der Waals surface area contributed by atoms with Gasteiger partial charge in [-0.15, -0.1) is 0 Å². The van der Waals surface area contributed by atoms with Crippen molar-refractivity contribution >= 4 is 5.97 Å². The highest BCUT2D eigenvalue weighted by Crippen LogP contribution is 2.05. The molecule has 0 aliphatic rings. The van der Waals surface area contributed by atoms with E-state index in [2.05, 4.69) is 12.2 Å². The summed E-state index contributed by atoms with van der Waals surface area (Å²) in [4.78, 5) is 11.4. The van der Waals surface area contributed by atoms with Crippen molar-refractivity contribution in [2.75, 3.05) is 13.7 Å². The highest BCUT2D eigenvalue weighted by atomic mass is 16.5. The molecule has 0 fully saturated rings. The Morgan fingerprint density at radius 1 is 1.53 bits per heavy atom. The quantitative estimate of drug-likeness (QED) is 0.626. The summed E-state index contributed by atoms with van der Waals surface area (Å²) < 4.78 is 4.69. The van der Waals surface area contributed by atoms with Gasteiger partial charge in [0.05, 0.1) is 12.7 Å². The molecule has 0 aliphatic heterocycles. The molecule has 0 aliphatic carbocycles.